The van der Waals surface area contributed by atoms with Crippen LogP contribution in [0.2, 0.25) is 0 Å². The van der Waals surface area contributed by atoms with Gasteiger partial charge in [-0.05, 0) is 13.8 Å². The standard InChI is InChI=1S/C15H21N5O3/c1-10-5-16-14(22-10)9-19-6-12(7-19)20-3-4-21-13(8-20)15-17-11(2)18-23-15/h5,12-13H,3-4,6-9H2,1-2H3. The van der Waals surface area contributed by atoms with Gasteiger partial charge in [-0.3, -0.25) is 9.80 Å². The highest BCUT2D eigenvalue weighted by atomic mass is 16.5. The normalized spacial score (nSPS) is 24.0. The van der Waals surface area contributed by atoms with Gasteiger partial charge in [0.25, 0.3) is 5.89 Å². The number of morpholine rings is 1. The predicted molar refractivity (Wildman–Crippen MR) is 79.6 cm³/mol. The van der Waals surface area contributed by atoms with E-state index in [1.165, 1.54) is 0 Å². The van der Waals surface area contributed by atoms with Crippen molar-refractivity contribution in [2.24, 2.45) is 0 Å². The zero-order valence-electron chi connectivity index (χ0n) is 13.4. The molecule has 0 spiro atoms. The van der Waals surface area contributed by atoms with E-state index < -0.39 is 0 Å². The number of hydrogen-bond acceptors (Lipinski definition) is 8. The molecule has 4 rings (SSSR count). The van der Waals surface area contributed by atoms with Gasteiger partial charge in [0.2, 0.25) is 5.89 Å². The van der Waals surface area contributed by atoms with Crippen molar-refractivity contribution in [3.05, 3.63) is 29.6 Å². The zero-order valence-corrected chi connectivity index (χ0v) is 13.4. The molecular formula is C15H21N5O3. The molecule has 2 saturated heterocycles. The van der Waals surface area contributed by atoms with Gasteiger partial charge in [0.15, 0.2) is 5.82 Å². The molecule has 4 heterocycles. The number of hydrogen-bond donors (Lipinski definition) is 0. The van der Waals surface area contributed by atoms with Crippen LogP contribution in [-0.2, 0) is 11.3 Å². The minimum Gasteiger partial charge on any atom is -0.445 e. The van der Waals surface area contributed by atoms with Gasteiger partial charge in [0, 0.05) is 32.2 Å². The second-order valence-electron chi connectivity index (χ2n) is 6.25. The summed E-state index contributed by atoms with van der Waals surface area (Å²) in [5.41, 5.74) is 0. The summed E-state index contributed by atoms with van der Waals surface area (Å²) in [6.07, 6.45) is 1.65. The van der Waals surface area contributed by atoms with Crippen LogP contribution in [0.25, 0.3) is 0 Å². The first kappa shape index (κ1) is 14.8. The Labute approximate surface area is 134 Å². The number of aryl methyl sites for hydroxylation is 2. The molecular weight excluding hydrogens is 298 g/mol. The Morgan fingerprint density at radius 1 is 1.26 bits per heavy atom. The Kier molecular flexibility index (Phi) is 3.88. The molecule has 0 N–H and O–H groups in total. The van der Waals surface area contributed by atoms with Crippen molar-refractivity contribution in [2.45, 2.75) is 32.5 Å². The van der Waals surface area contributed by atoms with Gasteiger partial charge in [-0.1, -0.05) is 5.16 Å². The number of rotatable bonds is 4. The van der Waals surface area contributed by atoms with Crippen molar-refractivity contribution in [3.63, 3.8) is 0 Å². The summed E-state index contributed by atoms with van der Waals surface area (Å²) in [5, 5.41) is 3.85. The Hall–Kier alpha value is -1.77. The van der Waals surface area contributed by atoms with Crippen molar-refractivity contribution in [1.29, 1.82) is 0 Å². The van der Waals surface area contributed by atoms with Crippen molar-refractivity contribution >= 4 is 0 Å². The lowest BCUT2D eigenvalue weighted by molar-refractivity contribution is -0.0852. The average molecular weight is 319 g/mol. The SMILES string of the molecule is Cc1noc(C2CN(C3CN(Cc4ncc(C)o4)C3)CCO2)n1. The van der Waals surface area contributed by atoms with Crippen LogP contribution in [0.5, 0.6) is 0 Å². The topological polar surface area (TPSA) is 80.7 Å². The molecule has 8 heteroatoms. The quantitative estimate of drug-likeness (QED) is 0.823. The van der Waals surface area contributed by atoms with E-state index in [4.69, 9.17) is 13.7 Å². The molecule has 2 aromatic rings. The highest BCUT2D eigenvalue weighted by Gasteiger charge is 2.36. The highest BCUT2D eigenvalue weighted by molar-refractivity contribution is 4.97. The molecule has 0 saturated carbocycles. The van der Waals surface area contributed by atoms with Crippen LogP contribution in [0.4, 0.5) is 0 Å². The van der Waals surface area contributed by atoms with Gasteiger partial charge in [0.1, 0.15) is 11.9 Å². The van der Waals surface area contributed by atoms with E-state index in [0.29, 0.717) is 24.4 Å². The molecule has 2 aliphatic heterocycles. The second-order valence-corrected chi connectivity index (χ2v) is 6.25. The third kappa shape index (κ3) is 3.15. The maximum absolute atomic E-state index is 5.78. The predicted octanol–water partition coefficient (Wildman–Crippen LogP) is 0.932. The lowest BCUT2D eigenvalue weighted by Crippen LogP contribution is -2.61. The second kappa shape index (κ2) is 6.03. The molecule has 8 nitrogen and oxygen atoms in total. The van der Waals surface area contributed by atoms with Gasteiger partial charge in [-0.25, -0.2) is 4.98 Å². The lowest BCUT2D eigenvalue weighted by Gasteiger charge is -2.47. The lowest BCUT2D eigenvalue weighted by atomic mass is 10.1. The minimum atomic E-state index is -0.117. The molecule has 0 radical (unpaired) electrons. The summed E-state index contributed by atoms with van der Waals surface area (Å²) < 4.78 is 16.6. The van der Waals surface area contributed by atoms with Crippen LogP contribution in [-0.4, -0.2) is 63.8 Å². The van der Waals surface area contributed by atoms with Crippen molar-refractivity contribution in [1.82, 2.24) is 24.9 Å². The maximum atomic E-state index is 5.78. The fraction of sp³-hybridized carbons (Fsp3) is 0.667. The van der Waals surface area contributed by atoms with E-state index in [0.717, 1.165) is 44.4 Å². The van der Waals surface area contributed by atoms with E-state index in [-0.39, 0.29) is 6.10 Å². The molecule has 124 valence electrons. The minimum absolute atomic E-state index is 0.117. The Morgan fingerprint density at radius 2 is 2.13 bits per heavy atom. The maximum Gasteiger partial charge on any atom is 0.257 e. The number of likely N-dealkylation sites (tertiary alicyclic amines) is 1. The van der Waals surface area contributed by atoms with Crippen LogP contribution in [0.1, 0.15) is 29.5 Å². The summed E-state index contributed by atoms with van der Waals surface area (Å²) in [7, 11) is 0. The first-order chi connectivity index (χ1) is 11.2. The van der Waals surface area contributed by atoms with Crippen molar-refractivity contribution < 1.29 is 13.7 Å². The first-order valence-electron chi connectivity index (χ1n) is 7.97. The highest BCUT2D eigenvalue weighted by Crippen LogP contribution is 2.25. The third-order valence-corrected chi connectivity index (χ3v) is 4.40. The largest absolute Gasteiger partial charge is 0.445 e. The third-order valence-electron chi connectivity index (χ3n) is 4.40. The van der Waals surface area contributed by atoms with Crippen LogP contribution < -0.4 is 0 Å². The van der Waals surface area contributed by atoms with Crippen LogP contribution >= 0.6 is 0 Å². The monoisotopic (exact) mass is 319 g/mol. The van der Waals surface area contributed by atoms with E-state index in [2.05, 4.69) is 24.9 Å². The number of ether oxygens (including phenoxy) is 1. The Bertz CT molecular complexity index is 664. The number of oxazole rings is 1. The molecule has 2 aliphatic rings. The molecule has 0 aliphatic carbocycles. The van der Waals surface area contributed by atoms with Gasteiger partial charge in [-0.15, -0.1) is 0 Å². The molecule has 23 heavy (non-hydrogen) atoms. The van der Waals surface area contributed by atoms with Gasteiger partial charge in [0.05, 0.1) is 19.3 Å². The molecule has 2 aromatic heterocycles. The summed E-state index contributed by atoms with van der Waals surface area (Å²) in [5.74, 6) is 2.89. The van der Waals surface area contributed by atoms with Gasteiger partial charge < -0.3 is 13.7 Å². The van der Waals surface area contributed by atoms with E-state index in [1.54, 1.807) is 6.20 Å². The number of nitrogens with zero attached hydrogens (tertiary/aromatic N) is 5. The molecule has 0 bridgehead atoms. The summed E-state index contributed by atoms with van der Waals surface area (Å²) in [6, 6.07) is 0.543. The van der Waals surface area contributed by atoms with Crippen LogP contribution in [0, 0.1) is 13.8 Å². The van der Waals surface area contributed by atoms with Gasteiger partial charge >= 0.3 is 0 Å². The fourth-order valence-corrected chi connectivity index (χ4v) is 3.16. The molecule has 2 fully saturated rings. The fourth-order valence-electron chi connectivity index (χ4n) is 3.16. The zero-order chi connectivity index (χ0) is 15.8. The molecule has 0 amide bonds. The smallest absolute Gasteiger partial charge is 0.257 e. The average Bonchev–Trinajstić information content (AvgIpc) is 3.11. The first-order valence-corrected chi connectivity index (χ1v) is 7.97. The Morgan fingerprint density at radius 3 is 2.83 bits per heavy atom. The van der Waals surface area contributed by atoms with Gasteiger partial charge in [-0.2, -0.15) is 4.98 Å². The van der Waals surface area contributed by atoms with Crippen LogP contribution in [0.3, 0.4) is 0 Å². The van der Waals surface area contributed by atoms with Crippen molar-refractivity contribution in [2.75, 3.05) is 32.8 Å². The molecule has 1 atom stereocenters. The van der Waals surface area contributed by atoms with E-state index in [1.807, 2.05) is 13.8 Å². The summed E-state index contributed by atoms with van der Waals surface area (Å²) in [6.45, 7) is 9.01. The molecule has 1 unspecified atom stereocenters. The van der Waals surface area contributed by atoms with E-state index >= 15 is 0 Å². The van der Waals surface area contributed by atoms with Crippen molar-refractivity contribution in [3.8, 4) is 0 Å². The molecule has 0 aromatic carbocycles. The van der Waals surface area contributed by atoms with E-state index in [9.17, 15) is 0 Å². The summed E-state index contributed by atoms with van der Waals surface area (Å²) in [4.78, 5) is 13.3. The summed E-state index contributed by atoms with van der Waals surface area (Å²) >= 11 is 0. The number of aromatic nitrogens is 3. The van der Waals surface area contributed by atoms with Crippen LogP contribution in [0.15, 0.2) is 15.1 Å². The Balaban J connectivity index is 1.30.